The summed E-state index contributed by atoms with van der Waals surface area (Å²) < 4.78 is 0. The van der Waals surface area contributed by atoms with Gasteiger partial charge in [0.1, 0.15) is 5.69 Å². The Balaban J connectivity index is 0.000000106. The molecule has 26 aromatic rings. The van der Waals surface area contributed by atoms with E-state index in [0.717, 1.165) is 240 Å². The van der Waals surface area contributed by atoms with E-state index in [1.807, 2.05) is 91.3 Å². The molecular weight excluding hydrogens is 1720 g/mol. The van der Waals surface area contributed by atoms with Crippen LogP contribution in [0.15, 0.2) is 486 Å². The number of hydrogen-bond acceptors (Lipinski definition) is 12. The topological polar surface area (TPSA) is 126 Å². The molecule has 0 saturated carbocycles. The van der Waals surface area contributed by atoms with Crippen molar-refractivity contribution in [3.63, 3.8) is 0 Å². The lowest BCUT2D eigenvalue weighted by atomic mass is 9.87. The molecule has 0 spiro atoms. The van der Waals surface area contributed by atoms with Crippen LogP contribution < -0.4 is 14.7 Å². The first-order valence-corrected chi connectivity index (χ1v) is 47.5. The molecule has 3 aliphatic rings. The number of para-hydroxylation sites is 9. The van der Waals surface area contributed by atoms with Gasteiger partial charge in [0.2, 0.25) is 0 Å². The van der Waals surface area contributed by atoms with Gasteiger partial charge in [0, 0.05) is 71.1 Å². The Morgan fingerprint density at radius 2 is 0.468 bits per heavy atom. The van der Waals surface area contributed by atoms with Gasteiger partial charge in [0.05, 0.1) is 113 Å². The van der Waals surface area contributed by atoms with Gasteiger partial charge in [-0.25, -0.2) is 34.9 Å². The Kier molecular flexibility index (Phi) is 19.6. The lowest BCUT2D eigenvalue weighted by molar-refractivity contribution is 1.17. The van der Waals surface area contributed by atoms with E-state index in [1.165, 1.54) is 32.8 Å². The van der Waals surface area contributed by atoms with Crippen molar-refractivity contribution < 1.29 is 0 Å². The molecule has 9 heterocycles. The van der Waals surface area contributed by atoms with Gasteiger partial charge >= 0.3 is 0 Å². The minimum absolute atomic E-state index is 0.768. The Bertz CT molecular complexity index is 9510. The third-order valence-corrected chi connectivity index (χ3v) is 27.6. The number of hydrogen-bond donors (Lipinski definition) is 0. The van der Waals surface area contributed by atoms with Crippen LogP contribution in [0.25, 0.3) is 221 Å². The van der Waals surface area contributed by atoms with E-state index in [1.54, 1.807) is 0 Å². The van der Waals surface area contributed by atoms with Crippen LogP contribution in [-0.4, -0.2) is 44.9 Å². The molecule has 0 fully saturated rings. The molecule has 20 aromatic carbocycles. The standard InChI is InChI=1S/2C45H28N4.C39H24N4/c1-4-13-29(14-5-1)32-23-25-39-36(27-32)45-43-40(49(39)41-28-46-37-21-10-11-22-38(37)47-41)26-24-33(30-15-6-2-7-16-30)42(43)35-20-12-19-34(44(35)48-45)31-17-8-3-9-18-31;1-3-13-29(14-4-1)31-17-11-18-33(27-31)43-45(48-39-23-10-9-22-38(39)47-43)49-40-26-25-32(30-15-5-2-6-16-30)28-36(40)44-42-35(20-12-24-41(42)49)34-19-7-8-21-37(34)46-44;1-3-11-25(12-4-1)27-21-22-34-31(23-27)39-37-29(30-17-9-15-28(38(30)42-39)26-13-5-2-6-14-26)16-10-20-35(37)43(34)36-24-40-32-18-7-8-19-33(32)41-36/h2*1-28H;1-24H. The third-order valence-electron chi connectivity index (χ3n) is 27.6. The fourth-order valence-corrected chi connectivity index (χ4v) is 21.1. The van der Waals surface area contributed by atoms with Gasteiger partial charge in [-0.2, -0.15) is 0 Å². The van der Waals surface area contributed by atoms with Gasteiger partial charge in [-0.1, -0.05) is 370 Å². The highest BCUT2D eigenvalue weighted by molar-refractivity contribution is 6.27. The number of pyridine rings is 3. The van der Waals surface area contributed by atoms with Crippen LogP contribution in [0.5, 0.6) is 0 Å². The van der Waals surface area contributed by atoms with Crippen LogP contribution >= 0.6 is 0 Å². The van der Waals surface area contributed by atoms with Gasteiger partial charge in [-0.15, -0.1) is 0 Å². The van der Waals surface area contributed by atoms with Crippen molar-refractivity contribution in [2.45, 2.75) is 0 Å². The van der Waals surface area contributed by atoms with Crippen molar-refractivity contribution in [2.75, 3.05) is 14.7 Å². The predicted molar refractivity (Wildman–Crippen MR) is 582 cm³/mol. The van der Waals surface area contributed by atoms with Gasteiger partial charge in [0.25, 0.3) is 0 Å². The van der Waals surface area contributed by atoms with Crippen molar-refractivity contribution >= 4 is 150 Å². The minimum Gasteiger partial charge on any atom is -0.292 e. The van der Waals surface area contributed by atoms with Gasteiger partial charge < -0.3 is 0 Å². The van der Waals surface area contributed by atoms with Crippen LogP contribution in [-0.2, 0) is 0 Å². The average Bonchev–Trinajstić information content (AvgIpc) is 0.709. The van der Waals surface area contributed by atoms with Crippen LogP contribution in [0.2, 0.25) is 0 Å². The quantitative estimate of drug-likeness (QED) is 0.114. The number of aromatic nitrogens is 9. The second kappa shape index (κ2) is 34.0. The minimum atomic E-state index is 0.768. The Labute approximate surface area is 812 Å². The van der Waals surface area contributed by atoms with E-state index >= 15 is 0 Å². The molecule has 0 atom stereocenters. The Morgan fingerprint density at radius 3 is 0.965 bits per heavy atom. The summed E-state index contributed by atoms with van der Waals surface area (Å²) in [6.45, 7) is 0. The van der Waals surface area contributed by atoms with E-state index in [9.17, 15) is 0 Å². The summed E-state index contributed by atoms with van der Waals surface area (Å²) in [6.07, 6.45) is 3.77. The molecule has 0 unspecified atom stereocenters. The van der Waals surface area contributed by atoms with Crippen molar-refractivity contribution in [3.8, 4) is 123 Å². The van der Waals surface area contributed by atoms with Gasteiger partial charge in [-0.3, -0.25) is 24.7 Å². The summed E-state index contributed by atoms with van der Waals surface area (Å²) in [6, 6.07) is 166. The van der Waals surface area contributed by atoms with Crippen molar-refractivity contribution in [1.29, 1.82) is 0 Å². The highest BCUT2D eigenvalue weighted by Gasteiger charge is 2.36. The monoisotopic (exact) mass is 1800 g/mol. The molecule has 0 bridgehead atoms. The third kappa shape index (κ3) is 14.0. The number of anilines is 9. The fourth-order valence-electron chi connectivity index (χ4n) is 21.1. The van der Waals surface area contributed by atoms with Crippen LogP contribution in [0, 0.1) is 0 Å². The first-order valence-electron chi connectivity index (χ1n) is 47.5. The average molecular weight is 1800 g/mol. The van der Waals surface area contributed by atoms with Crippen molar-refractivity contribution in [3.05, 3.63) is 486 Å². The number of benzene rings is 20. The van der Waals surface area contributed by atoms with E-state index < -0.39 is 0 Å². The van der Waals surface area contributed by atoms with E-state index in [0.29, 0.717) is 0 Å². The molecule has 12 nitrogen and oxygen atoms in total. The van der Waals surface area contributed by atoms with Gasteiger partial charge in [-0.05, 0) is 181 Å². The molecule has 3 aliphatic heterocycles. The molecule has 29 rings (SSSR count). The van der Waals surface area contributed by atoms with E-state index in [-0.39, 0.29) is 0 Å². The maximum atomic E-state index is 5.64. The van der Waals surface area contributed by atoms with Crippen molar-refractivity contribution in [1.82, 2.24) is 44.9 Å². The predicted octanol–water partition coefficient (Wildman–Crippen LogP) is 33.7. The molecule has 0 saturated heterocycles. The first-order chi connectivity index (χ1) is 69.9. The highest BCUT2D eigenvalue weighted by Crippen LogP contribution is 2.59. The van der Waals surface area contributed by atoms with E-state index in [2.05, 4.69) is 409 Å². The van der Waals surface area contributed by atoms with Gasteiger partial charge in [0.15, 0.2) is 17.5 Å². The molecular formula is C129H80N12. The first kappa shape index (κ1) is 81.4. The second-order valence-electron chi connectivity index (χ2n) is 35.7. The SMILES string of the molecule is c1ccc(-c2ccc3c(c2)-c2nc4c(-c5ccccc5)cccc4c4c(-c5ccccc5)ccc(c24)N3c2cnc3ccccc3n2)cc1.c1ccc(-c2ccc3c(c2)-c2nc4c(-c5ccccc5)cccc4c4cccc(c24)N3c2cnc3ccccc3n2)cc1.c1ccc(-c2cccc(-c3nc4ccccc4nc3N3c4ccc(-c5ccccc5)cc4-c4nc5ccccc5c5cccc3c45)c2)cc1. The Morgan fingerprint density at radius 1 is 0.149 bits per heavy atom. The summed E-state index contributed by atoms with van der Waals surface area (Å²) in [7, 11) is 0. The van der Waals surface area contributed by atoms with Crippen molar-refractivity contribution in [2.24, 2.45) is 0 Å². The highest BCUT2D eigenvalue weighted by atomic mass is 15.2. The fraction of sp³-hybridized carbons (Fsp3) is 0. The number of nitrogens with zero attached hydrogens (tertiary/aromatic N) is 12. The molecule has 0 aliphatic carbocycles. The van der Waals surface area contributed by atoms with E-state index in [4.69, 9.17) is 44.9 Å². The summed E-state index contributed by atoms with van der Waals surface area (Å²) in [4.78, 5) is 54.0. The summed E-state index contributed by atoms with van der Waals surface area (Å²) in [5, 5.41) is 10.2. The number of fused-ring (bicyclic) bond motifs is 15. The molecule has 0 amide bonds. The maximum Gasteiger partial charge on any atom is 0.165 e. The summed E-state index contributed by atoms with van der Waals surface area (Å²) in [5.41, 5.74) is 38.4. The molecule has 12 heteroatoms. The zero-order valence-electron chi connectivity index (χ0n) is 76.1. The zero-order chi connectivity index (χ0) is 93.0. The molecule has 0 N–H and O–H groups in total. The zero-order valence-corrected chi connectivity index (χ0v) is 76.1. The summed E-state index contributed by atoms with van der Waals surface area (Å²) >= 11 is 0. The largest absolute Gasteiger partial charge is 0.292 e. The van der Waals surface area contributed by atoms with Crippen LogP contribution in [0.3, 0.4) is 0 Å². The molecule has 0 radical (unpaired) electrons. The lowest BCUT2D eigenvalue weighted by Gasteiger charge is -2.33. The maximum absolute atomic E-state index is 5.64. The van der Waals surface area contributed by atoms with Crippen LogP contribution in [0.1, 0.15) is 0 Å². The Hall–Kier alpha value is -19.2. The molecule has 141 heavy (non-hydrogen) atoms. The smallest absolute Gasteiger partial charge is 0.165 e. The molecule has 656 valence electrons. The molecule has 6 aromatic heterocycles. The summed E-state index contributed by atoms with van der Waals surface area (Å²) in [5.74, 6) is 2.33. The lowest BCUT2D eigenvalue weighted by Crippen LogP contribution is -2.18. The number of rotatable bonds is 11. The van der Waals surface area contributed by atoms with Crippen LogP contribution in [0.4, 0.5) is 51.6 Å². The second-order valence-corrected chi connectivity index (χ2v) is 35.7. The normalized spacial score (nSPS) is 12.1.